The van der Waals surface area contributed by atoms with Gasteiger partial charge in [0.2, 0.25) is 5.91 Å². The van der Waals surface area contributed by atoms with Crippen LogP contribution in [0.5, 0.6) is 0 Å². The number of carbonyl (C=O) groups is 1. The van der Waals surface area contributed by atoms with E-state index in [-0.39, 0.29) is 18.6 Å². The Hall–Kier alpha value is -0.870. The second kappa shape index (κ2) is 11.3. The largest absolute Gasteiger partial charge is 0.390 e. The van der Waals surface area contributed by atoms with Gasteiger partial charge >= 0.3 is 0 Å². The van der Waals surface area contributed by atoms with E-state index in [1.807, 2.05) is 32.6 Å². The van der Waals surface area contributed by atoms with Crippen LogP contribution < -0.4 is 0 Å². The first-order valence-corrected chi connectivity index (χ1v) is 15.7. The first-order valence-electron chi connectivity index (χ1n) is 15.7. The van der Waals surface area contributed by atoms with Gasteiger partial charge in [0.25, 0.3) is 0 Å². The molecule has 0 heterocycles. The maximum atomic E-state index is 12.5. The summed E-state index contributed by atoms with van der Waals surface area (Å²) in [6.07, 6.45) is 16.3. The minimum Gasteiger partial charge on any atom is -0.390 e. The molecule has 4 nitrogen and oxygen atoms in total. The molecular formula is C33H57NO3. The van der Waals surface area contributed by atoms with Crippen molar-refractivity contribution in [1.29, 1.82) is 0 Å². The number of carbonyl (C=O) groups excluding carboxylic acids is 1. The van der Waals surface area contributed by atoms with Crippen LogP contribution in [0.4, 0.5) is 0 Å². The van der Waals surface area contributed by atoms with E-state index in [4.69, 9.17) is 4.74 Å². The molecule has 4 aliphatic rings. The molecule has 1 amide bonds. The van der Waals surface area contributed by atoms with Gasteiger partial charge in [-0.2, -0.15) is 0 Å². The van der Waals surface area contributed by atoms with Gasteiger partial charge in [-0.25, -0.2) is 0 Å². The third-order valence-corrected chi connectivity index (χ3v) is 11.8. The zero-order valence-electron chi connectivity index (χ0n) is 25.2. The first kappa shape index (κ1) is 29.1. The number of hydrogen-bond donors (Lipinski definition) is 1. The van der Waals surface area contributed by atoms with Gasteiger partial charge in [-0.05, 0) is 126 Å². The maximum absolute atomic E-state index is 12.5. The summed E-state index contributed by atoms with van der Waals surface area (Å²) in [5, 5.41) is 10.2. The topological polar surface area (TPSA) is 49.8 Å². The standard InChI is InChI=1S/C33H57NO3/c1-8-34(9-2)30(35)22-37-25-16-19-32(6)24(21-25)12-13-26-28-15-14-27(33(28,7)20-17-29(26)32)23(3)11-10-18-31(4,5)36/h12,23,25-29,36H,8-11,13-22H2,1-7H3/t23-,25+,26+,27-,28+,29+,32+,33-/m1/s1. The fourth-order valence-corrected chi connectivity index (χ4v) is 9.66. The molecule has 0 bridgehead atoms. The molecule has 1 N–H and O–H groups in total. The molecule has 212 valence electrons. The number of hydrogen-bond acceptors (Lipinski definition) is 3. The lowest BCUT2D eigenvalue weighted by molar-refractivity contribution is -0.139. The fourth-order valence-electron chi connectivity index (χ4n) is 9.66. The number of allylic oxidation sites excluding steroid dienone is 1. The van der Waals surface area contributed by atoms with Gasteiger partial charge in [-0.3, -0.25) is 4.79 Å². The molecule has 37 heavy (non-hydrogen) atoms. The Kier molecular flexibility index (Phi) is 8.91. The van der Waals surface area contributed by atoms with Gasteiger partial charge in [-0.15, -0.1) is 0 Å². The predicted molar refractivity (Wildman–Crippen MR) is 152 cm³/mol. The summed E-state index contributed by atoms with van der Waals surface area (Å²) in [5.74, 6) is 4.24. The Balaban J connectivity index is 1.38. The molecule has 4 rings (SSSR count). The van der Waals surface area contributed by atoms with E-state index in [0.717, 1.165) is 68.4 Å². The summed E-state index contributed by atoms with van der Waals surface area (Å²) in [4.78, 5) is 14.3. The summed E-state index contributed by atoms with van der Waals surface area (Å²) in [6.45, 7) is 17.4. The minimum absolute atomic E-state index is 0.132. The third kappa shape index (κ3) is 5.86. The molecule has 0 unspecified atom stereocenters. The summed E-state index contributed by atoms with van der Waals surface area (Å²) < 4.78 is 6.19. The van der Waals surface area contributed by atoms with Crippen LogP contribution >= 0.6 is 0 Å². The maximum Gasteiger partial charge on any atom is 0.248 e. The van der Waals surface area contributed by atoms with E-state index >= 15 is 0 Å². The molecule has 0 radical (unpaired) electrons. The van der Waals surface area contributed by atoms with E-state index in [0.29, 0.717) is 10.8 Å². The van der Waals surface area contributed by atoms with Crippen LogP contribution in [0.25, 0.3) is 0 Å². The molecule has 0 spiro atoms. The Morgan fingerprint density at radius 3 is 2.54 bits per heavy atom. The Bertz CT molecular complexity index is 826. The van der Waals surface area contributed by atoms with Crippen LogP contribution in [-0.2, 0) is 9.53 Å². The summed E-state index contributed by atoms with van der Waals surface area (Å²) in [5.41, 5.74) is 1.91. The van der Waals surface area contributed by atoms with Crippen LogP contribution in [-0.4, -0.2) is 47.3 Å². The molecule has 3 fully saturated rings. The number of ether oxygens (including phenoxy) is 1. The van der Waals surface area contributed by atoms with Crippen molar-refractivity contribution >= 4 is 5.91 Å². The number of rotatable bonds is 10. The third-order valence-electron chi connectivity index (χ3n) is 11.8. The highest BCUT2D eigenvalue weighted by Gasteiger charge is 2.59. The smallest absolute Gasteiger partial charge is 0.248 e. The quantitative estimate of drug-likeness (QED) is 0.308. The van der Waals surface area contributed by atoms with Gasteiger partial charge in [0, 0.05) is 13.1 Å². The van der Waals surface area contributed by atoms with Crippen molar-refractivity contribution in [2.24, 2.45) is 40.4 Å². The number of nitrogens with zero attached hydrogens (tertiary/aromatic N) is 1. The van der Waals surface area contributed by atoms with Crippen molar-refractivity contribution in [3.05, 3.63) is 11.6 Å². The van der Waals surface area contributed by atoms with Gasteiger partial charge in [0.15, 0.2) is 0 Å². The summed E-state index contributed by atoms with van der Waals surface area (Å²) in [7, 11) is 0. The van der Waals surface area contributed by atoms with Gasteiger partial charge < -0.3 is 14.7 Å². The van der Waals surface area contributed by atoms with E-state index in [2.05, 4.69) is 26.8 Å². The van der Waals surface area contributed by atoms with Crippen LogP contribution in [0.3, 0.4) is 0 Å². The molecule has 0 aromatic carbocycles. The Morgan fingerprint density at radius 2 is 1.86 bits per heavy atom. The Morgan fingerprint density at radius 1 is 1.14 bits per heavy atom. The van der Waals surface area contributed by atoms with Crippen molar-refractivity contribution in [3.8, 4) is 0 Å². The van der Waals surface area contributed by atoms with Crippen molar-refractivity contribution in [3.63, 3.8) is 0 Å². The highest BCUT2D eigenvalue weighted by Crippen LogP contribution is 2.67. The van der Waals surface area contributed by atoms with E-state index < -0.39 is 5.60 Å². The zero-order chi connectivity index (χ0) is 27.0. The number of amides is 1. The van der Waals surface area contributed by atoms with Gasteiger partial charge in [0.05, 0.1) is 11.7 Å². The lowest BCUT2D eigenvalue weighted by Crippen LogP contribution is -2.51. The average molecular weight is 516 g/mol. The highest BCUT2D eigenvalue weighted by molar-refractivity contribution is 5.77. The molecule has 0 aromatic rings. The monoisotopic (exact) mass is 515 g/mol. The second-order valence-corrected chi connectivity index (χ2v) is 14.4. The molecular weight excluding hydrogens is 458 g/mol. The molecule has 4 heteroatoms. The minimum atomic E-state index is -0.535. The van der Waals surface area contributed by atoms with Crippen molar-refractivity contribution in [2.75, 3.05) is 19.7 Å². The predicted octanol–water partition coefficient (Wildman–Crippen LogP) is 7.40. The van der Waals surface area contributed by atoms with Crippen LogP contribution in [0.1, 0.15) is 119 Å². The Labute approximate surface area is 228 Å². The van der Waals surface area contributed by atoms with Crippen LogP contribution in [0.2, 0.25) is 0 Å². The van der Waals surface area contributed by atoms with Crippen LogP contribution in [0, 0.1) is 40.4 Å². The number of likely N-dealkylation sites (N-methyl/N-ethyl adjacent to an activating group) is 1. The second-order valence-electron chi connectivity index (χ2n) is 14.4. The van der Waals surface area contributed by atoms with Gasteiger partial charge in [0.1, 0.15) is 6.61 Å². The number of aliphatic hydroxyl groups is 1. The molecule has 0 aliphatic heterocycles. The lowest BCUT2D eigenvalue weighted by atomic mass is 9.47. The van der Waals surface area contributed by atoms with Crippen molar-refractivity contribution < 1.29 is 14.6 Å². The van der Waals surface area contributed by atoms with E-state index in [9.17, 15) is 9.90 Å². The first-order chi connectivity index (χ1) is 17.4. The molecule has 3 saturated carbocycles. The normalized spacial score (nSPS) is 38.3. The summed E-state index contributed by atoms with van der Waals surface area (Å²) >= 11 is 0. The van der Waals surface area contributed by atoms with Crippen molar-refractivity contribution in [1.82, 2.24) is 4.90 Å². The van der Waals surface area contributed by atoms with E-state index in [1.165, 1.54) is 44.9 Å². The number of fused-ring (bicyclic) bond motifs is 5. The van der Waals surface area contributed by atoms with Crippen molar-refractivity contribution in [2.45, 2.75) is 131 Å². The molecule has 4 aliphatic carbocycles. The lowest BCUT2D eigenvalue weighted by Gasteiger charge is -2.58. The SMILES string of the molecule is CCN(CC)C(=O)CO[C@H]1CC[C@@]2(C)C(=CC[C@H]3[C@@H]4CC[C@H]([C@H](C)CCCC(C)(C)O)[C@@]4(C)CC[C@@H]32)C1. The molecule has 0 aromatic heterocycles. The molecule has 8 atom stereocenters. The zero-order valence-corrected chi connectivity index (χ0v) is 25.2. The van der Waals surface area contributed by atoms with Crippen LogP contribution in [0.15, 0.2) is 11.6 Å². The fraction of sp³-hybridized carbons (Fsp3) is 0.909. The van der Waals surface area contributed by atoms with E-state index in [1.54, 1.807) is 5.57 Å². The molecule has 0 saturated heterocycles. The highest BCUT2D eigenvalue weighted by atomic mass is 16.5. The van der Waals surface area contributed by atoms with Gasteiger partial charge in [-0.1, -0.05) is 45.3 Å². The average Bonchev–Trinajstić information content (AvgIpc) is 3.20. The summed E-state index contributed by atoms with van der Waals surface area (Å²) in [6, 6.07) is 0.